The summed E-state index contributed by atoms with van der Waals surface area (Å²) >= 11 is 0. The van der Waals surface area contributed by atoms with Crippen LogP contribution in [0.25, 0.3) is 0 Å². The van der Waals surface area contributed by atoms with Crippen molar-refractivity contribution < 1.29 is 23.9 Å². The van der Waals surface area contributed by atoms with Gasteiger partial charge in [0.25, 0.3) is 5.91 Å². The van der Waals surface area contributed by atoms with Crippen LogP contribution in [0.4, 0.5) is 0 Å². The van der Waals surface area contributed by atoms with Crippen LogP contribution in [0.1, 0.15) is 18.1 Å². The molecule has 2 aliphatic rings. The van der Waals surface area contributed by atoms with Crippen molar-refractivity contribution in [3.63, 3.8) is 0 Å². The van der Waals surface area contributed by atoms with E-state index in [0.29, 0.717) is 6.79 Å². The third-order valence-corrected chi connectivity index (χ3v) is 5.41. The zero-order chi connectivity index (χ0) is 19.3. The number of ether oxygens (including phenoxy) is 3. The molecule has 1 N–H and O–H groups in total. The van der Waals surface area contributed by atoms with Crippen LogP contribution < -0.4 is 19.1 Å². The van der Waals surface area contributed by atoms with E-state index < -0.39 is 0 Å². The number of rotatable bonds is 6. The molecule has 28 heavy (non-hydrogen) atoms. The molecule has 0 spiro atoms. The highest BCUT2D eigenvalue weighted by molar-refractivity contribution is 5.77. The molecule has 2 aliphatic heterocycles. The second kappa shape index (κ2) is 8.52. The minimum Gasteiger partial charge on any atom is -0.484 e. The zero-order valence-electron chi connectivity index (χ0n) is 16.3. The maximum Gasteiger partial charge on any atom is 0.260 e. The van der Waals surface area contributed by atoms with Crippen LogP contribution in [0.2, 0.25) is 0 Å². The van der Waals surface area contributed by atoms with Crippen molar-refractivity contribution in [3.05, 3.63) is 53.6 Å². The van der Waals surface area contributed by atoms with Crippen LogP contribution >= 0.6 is 0 Å². The van der Waals surface area contributed by atoms with E-state index in [4.69, 9.17) is 14.2 Å². The normalized spacial score (nSPS) is 16.2. The van der Waals surface area contributed by atoms with Crippen molar-refractivity contribution in [2.24, 2.45) is 0 Å². The number of nitrogens with one attached hydrogen (secondary N) is 1. The Balaban J connectivity index is 1.22. The minimum absolute atomic E-state index is 0.0571. The summed E-state index contributed by atoms with van der Waals surface area (Å²) in [5.41, 5.74) is 2.50. The van der Waals surface area contributed by atoms with Crippen molar-refractivity contribution in [2.45, 2.75) is 19.9 Å². The predicted molar refractivity (Wildman–Crippen MR) is 105 cm³/mol. The van der Waals surface area contributed by atoms with E-state index >= 15 is 0 Å². The quantitative estimate of drug-likeness (QED) is 0.817. The molecule has 0 unspecified atom stereocenters. The molecule has 0 saturated carbocycles. The highest BCUT2D eigenvalue weighted by Crippen LogP contribution is 2.32. The number of carbonyl (C=O) groups is 1. The molecule has 1 saturated heterocycles. The van der Waals surface area contributed by atoms with Crippen LogP contribution in [-0.4, -0.2) is 50.4 Å². The molecule has 6 heteroatoms. The largest absolute Gasteiger partial charge is 0.484 e. The van der Waals surface area contributed by atoms with Crippen LogP contribution in [0.5, 0.6) is 17.2 Å². The molecule has 0 bridgehead atoms. The Bertz CT molecular complexity index is 814. The maximum absolute atomic E-state index is 12.4. The number of fused-ring (bicyclic) bond motifs is 1. The smallest absolute Gasteiger partial charge is 0.260 e. The van der Waals surface area contributed by atoms with Crippen molar-refractivity contribution >= 4 is 5.91 Å². The standard InChI is InChI=1S/C22H26N2O4/c1-2-17-3-6-19(7-4-17)26-15-22(25)24-11-9-23(10-12-24)14-18-5-8-20-21(13-18)28-16-27-20/h3-8,13H,2,9-12,14-16H2,1H3/p+1. The Morgan fingerprint density at radius 1 is 1.04 bits per heavy atom. The average molecular weight is 383 g/mol. The van der Waals surface area contributed by atoms with Crippen LogP contribution in [-0.2, 0) is 17.8 Å². The van der Waals surface area contributed by atoms with Crippen molar-refractivity contribution in [3.8, 4) is 17.2 Å². The third kappa shape index (κ3) is 4.39. The van der Waals surface area contributed by atoms with Crippen molar-refractivity contribution in [2.75, 3.05) is 39.6 Å². The molecule has 0 aromatic heterocycles. The fraction of sp³-hybridized carbons (Fsp3) is 0.409. The first-order valence-electron chi connectivity index (χ1n) is 9.93. The molecule has 2 aromatic carbocycles. The number of benzene rings is 2. The lowest BCUT2D eigenvalue weighted by atomic mass is 10.1. The fourth-order valence-electron chi connectivity index (χ4n) is 3.65. The van der Waals surface area contributed by atoms with Crippen molar-refractivity contribution in [1.29, 1.82) is 0 Å². The number of hydrogen-bond donors (Lipinski definition) is 1. The lowest BCUT2D eigenvalue weighted by molar-refractivity contribution is -0.917. The van der Waals surface area contributed by atoms with Gasteiger partial charge in [-0.05, 0) is 42.3 Å². The first-order valence-corrected chi connectivity index (χ1v) is 9.93. The zero-order valence-corrected chi connectivity index (χ0v) is 16.3. The molecule has 0 atom stereocenters. The van der Waals surface area contributed by atoms with Gasteiger partial charge in [-0.1, -0.05) is 19.1 Å². The summed E-state index contributed by atoms with van der Waals surface area (Å²) in [4.78, 5) is 15.8. The fourth-order valence-corrected chi connectivity index (χ4v) is 3.65. The highest BCUT2D eigenvalue weighted by atomic mass is 16.7. The Morgan fingerprint density at radius 2 is 1.75 bits per heavy atom. The monoisotopic (exact) mass is 383 g/mol. The molecule has 0 radical (unpaired) electrons. The van der Waals surface area contributed by atoms with E-state index in [1.165, 1.54) is 16.0 Å². The van der Waals surface area contributed by atoms with Gasteiger partial charge in [-0.2, -0.15) is 0 Å². The number of carbonyl (C=O) groups excluding carboxylic acids is 1. The van der Waals surface area contributed by atoms with Gasteiger partial charge in [0.05, 0.1) is 26.2 Å². The summed E-state index contributed by atoms with van der Waals surface area (Å²) in [6.07, 6.45) is 0.998. The SMILES string of the molecule is CCc1ccc(OCC(=O)N2CC[NH+](Cc3ccc4c(c3)OCO4)CC2)cc1. The summed E-state index contributed by atoms with van der Waals surface area (Å²) in [6, 6.07) is 14.1. The second-order valence-corrected chi connectivity index (χ2v) is 7.28. The minimum atomic E-state index is 0.0571. The number of hydrogen-bond acceptors (Lipinski definition) is 4. The molecule has 6 nitrogen and oxygen atoms in total. The van der Waals surface area contributed by atoms with Gasteiger partial charge >= 0.3 is 0 Å². The lowest BCUT2D eigenvalue weighted by Crippen LogP contribution is -3.13. The van der Waals surface area contributed by atoms with Crippen LogP contribution in [0.15, 0.2) is 42.5 Å². The number of piperazine rings is 1. The second-order valence-electron chi connectivity index (χ2n) is 7.28. The van der Waals surface area contributed by atoms with E-state index in [1.807, 2.05) is 35.2 Å². The summed E-state index contributed by atoms with van der Waals surface area (Å²) in [6.45, 7) is 6.84. The average Bonchev–Trinajstić information content (AvgIpc) is 3.21. The number of aryl methyl sites for hydroxylation is 1. The summed E-state index contributed by atoms with van der Waals surface area (Å²) < 4.78 is 16.5. The predicted octanol–water partition coefficient (Wildman–Crippen LogP) is 1.28. The summed E-state index contributed by atoms with van der Waals surface area (Å²) in [7, 11) is 0. The van der Waals surface area contributed by atoms with E-state index in [1.54, 1.807) is 0 Å². The highest BCUT2D eigenvalue weighted by Gasteiger charge is 2.24. The number of nitrogens with zero attached hydrogens (tertiary/aromatic N) is 1. The number of quaternary nitrogens is 1. The van der Waals surface area contributed by atoms with Gasteiger partial charge in [-0.3, -0.25) is 4.79 Å². The molecule has 1 fully saturated rings. The summed E-state index contributed by atoms with van der Waals surface area (Å²) in [5, 5.41) is 0. The molecule has 0 aliphatic carbocycles. The Morgan fingerprint density at radius 3 is 2.50 bits per heavy atom. The Hall–Kier alpha value is -2.73. The van der Waals surface area contributed by atoms with Gasteiger partial charge in [0, 0.05) is 5.56 Å². The topological polar surface area (TPSA) is 52.4 Å². The van der Waals surface area contributed by atoms with Gasteiger partial charge in [0.15, 0.2) is 18.1 Å². The maximum atomic E-state index is 12.4. The molecular weight excluding hydrogens is 356 g/mol. The van der Waals surface area contributed by atoms with Crippen molar-refractivity contribution in [1.82, 2.24) is 4.90 Å². The van der Waals surface area contributed by atoms with Gasteiger partial charge in [0.2, 0.25) is 6.79 Å². The first-order chi connectivity index (χ1) is 13.7. The molecule has 148 valence electrons. The molecular formula is C22H27N2O4+. The Kier molecular flexibility index (Phi) is 5.67. The summed E-state index contributed by atoms with van der Waals surface area (Å²) in [5.74, 6) is 2.45. The Labute approximate surface area is 165 Å². The van der Waals surface area contributed by atoms with Gasteiger partial charge in [0.1, 0.15) is 12.3 Å². The molecule has 2 heterocycles. The van der Waals surface area contributed by atoms with Crippen LogP contribution in [0, 0.1) is 0 Å². The van der Waals surface area contributed by atoms with E-state index in [-0.39, 0.29) is 12.5 Å². The van der Waals surface area contributed by atoms with E-state index in [9.17, 15) is 4.79 Å². The molecule has 2 aromatic rings. The lowest BCUT2D eigenvalue weighted by Gasteiger charge is -2.32. The third-order valence-electron chi connectivity index (χ3n) is 5.41. The van der Waals surface area contributed by atoms with Gasteiger partial charge < -0.3 is 24.0 Å². The van der Waals surface area contributed by atoms with Gasteiger partial charge in [-0.25, -0.2) is 0 Å². The number of amides is 1. The first kappa shape index (κ1) is 18.6. The molecule has 1 amide bonds. The molecule has 4 rings (SSSR count). The van der Waals surface area contributed by atoms with Crippen LogP contribution in [0.3, 0.4) is 0 Å². The van der Waals surface area contributed by atoms with E-state index in [2.05, 4.69) is 19.1 Å². The van der Waals surface area contributed by atoms with E-state index in [0.717, 1.165) is 56.4 Å². The van der Waals surface area contributed by atoms with Gasteiger partial charge in [-0.15, -0.1) is 0 Å².